The summed E-state index contributed by atoms with van der Waals surface area (Å²) in [6.45, 7) is 0.423. The average Bonchev–Trinajstić information content (AvgIpc) is 2.25. The molecule has 0 amide bonds. The molecule has 0 saturated heterocycles. The summed E-state index contributed by atoms with van der Waals surface area (Å²) >= 11 is 17.6. The van der Waals surface area contributed by atoms with E-state index in [4.69, 9.17) is 40.3 Å². The molecule has 0 unspecified atom stereocenters. The van der Waals surface area contributed by atoms with Crippen LogP contribution >= 0.6 is 34.8 Å². The highest BCUT2D eigenvalue weighted by Gasteiger charge is 2.02. The predicted molar refractivity (Wildman–Crippen MR) is 69.1 cm³/mol. The van der Waals surface area contributed by atoms with E-state index in [1.165, 1.54) is 0 Å². The molecule has 0 N–H and O–H groups in total. The molecular formula is C10H8Cl3N3. The highest BCUT2D eigenvalue weighted by Crippen LogP contribution is 2.29. The maximum absolute atomic E-state index is 8.07. The first-order chi connectivity index (χ1) is 7.65. The van der Waals surface area contributed by atoms with Crippen molar-refractivity contribution in [2.75, 3.05) is 6.54 Å². The molecule has 6 heteroatoms. The van der Waals surface area contributed by atoms with Gasteiger partial charge in [0.2, 0.25) is 0 Å². The lowest BCUT2D eigenvalue weighted by molar-refractivity contribution is 0.996. The zero-order chi connectivity index (χ0) is 12.0. The van der Waals surface area contributed by atoms with E-state index in [-0.39, 0.29) is 0 Å². The molecule has 0 fully saturated rings. The average molecular weight is 277 g/mol. The molecule has 1 aromatic carbocycles. The van der Waals surface area contributed by atoms with Crippen molar-refractivity contribution in [1.29, 1.82) is 0 Å². The quantitative estimate of drug-likeness (QED) is 0.234. The smallest absolute Gasteiger partial charge is 0.0607 e. The van der Waals surface area contributed by atoms with Gasteiger partial charge in [-0.15, -0.1) is 0 Å². The summed E-state index contributed by atoms with van der Waals surface area (Å²) in [5, 5.41) is 4.83. The Morgan fingerprint density at radius 2 is 1.88 bits per heavy atom. The molecule has 0 heterocycles. The van der Waals surface area contributed by atoms with E-state index in [1.807, 2.05) is 12.2 Å². The maximum atomic E-state index is 8.07. The van der Waals surface area contributed by atoms with Crippen molar-refractivity contribution in [2.45, 2.75) is 6.42 Å². The second kappa shape index (κ2) is 6.66. The standard InChI is InChI=1S/C10H8Cl3N3/c11-8-6-10(13)9(12)5-7(8)3-1-2-4-15-16-14/h1,3,5-6H,2,4H2. The normalized spacial score (nSPS) is 10.4. The van der Waals surface area contributed by atoms with Crippen LogP contribution < -0.4 is 0 Å². The van der Waals surface area contributed by atoms with Crippen LogP contribution in [0.25, 0.3) is 16.5 Å². The summed E-state index contributed by atoms with van der Waals surface area (Å²) in [5.74, 6) is 0. The van der Waals surface area contributed by atoms with Gasteiger partial charge in [0.15, 0.2) is 0 Å². The van der Waals surface area contributed by atoms with E-state index in [0.29, 0.717) is 28.0 Å². The predicted octanol–water partition coefficient (Wildman–Crippen LogP) is 5.36. The first-order valence-electron chi connectivity index (χ1n) is 4.47. The molecular weight excluding hydrogens is 268 g/mol. The fourth-order valence-electron chi connectivity index (χ4n) is 1.05. The maximum Gasteiger partial charge on any atom is 0.0607 e. The van der Waals surface area contributed by atoms with Gasteiger partial charge in [0.25, 0.3) is 0 Å². The molecule has 0 aliphatic rings. The highest BCUT2D eigenvalue weighted by molar-refractivity contribution is 6.43. The Morgan fingerprint density at radius 3 is 2.56 bits per heavy atom. The van der Waals surface area contributed by atoms with Crippen LogP contribution in [0.3, 0.4) is 0 Å². The Hall–Kier alpha value is -0.860. The van der Waals surface area contributed by atoms with Crippen molar-refractivity contribution in [1.82, 2.24) is 0 Å². The number of azide groups is 1. The van der Waals surface area contributed by atoms with Crippen LogP contribution in [0, 0.1) is 0 Å². The van der Waals surface area contributed by atoms with Gasteiger partial charge >= 0.3 is 0 Å². The Balaban J connectivity index is 2.73. The van der Waals surface area contributed by atoms with Gasteiger partial charge in [-0.05, 0) is 29.6 Å². The van der Waals surface area contributed by atoms with Crippen molar-refractivity contribution in [3.63, 3.8) is 0 Å². The van der Waals surface area contributed by atoms with E-state index >= 15 is 0 Å². The second-order valence-electron chi connectivity index (χ2n) is 2.93. The molecule has 3 nitrogen and oxygen atoms in total. The minimum absolute atomic E-state index is 0.423. The number of nitrogens with zero attached hydrogens (tertiary/aromatic N) is 3. The van der Waals surface area contributed by atoms with E-state index in [0.717, 1.165) is 5.56 Å². The van der Waals surface area contributed by atoms with Gasteiger partial charge in [0, 0.05) is 16.5 Å². The third-order valence-corrected chi connectivity index (χ3v) is 2.85. The molecule has 0 radical (unpaired) electrons. The monoisotopic (exact) mass is 275 g/mol. The van der Waals surface area contributed by atoms with Gasteiger partial charge in [-0.3, -0.25) is 0 Å². The SMILES string of the molecule is [N-]=[N+]=NCCC=Cc1cc(Cl)c(Cl)cc1Cl. The molecule has 0 aliphatic heterocycles. The van der Waals surface area contributed by atoms with Crippen molar-refractivity contribution >= 4 is 40.9 Å². The topological polar surface area (TPSA) is 48.8 Å². The summed E-state index contributed by atoms with van der Waals surface area (Å²) in [6, 6.07) is 3.29. The lowest BCUT2D eigenvalue weighted by Gasteiger charge is -2.01. The van der Waals surface area contributed by atoms with E-state index in [9.17, 15) is 0 Å². The Kier molecular flexibility index (Phi) is 5.50. The van der Waals surface area contributed by atoms with E-state index < -0.39 is 0 Å². The van der Waals surface area contributed by atoms with Gasteiger partial charge in [-0.1, -0.05) is 52.1 Å². The van der Waals surface area contributed by atoms with Crippen molar-refractivity contribution in [2.24, 2.45) is 5.11 Å². The van der Waals surface area contributed by atoms with Crippen molar-refractivity contribution < 1.29 is 0 Å². The van der Waals surface area contributed by atoms with Crippen LogP contribution in [0.15, 0.2) is 23.3 Å². The Morgan fingerprint density at radius 1 is 1.19 bits per heavy atom. The number of hydrogen-bond acceptors (Lipinski definition) is 1. The van der Waals surface area contributed by atoms with Gasteiger partial charge in [-0.2, -0.15) is 0 Å². The molecule has 0 saturated carbocycles. The molecule has 1 aromatic rings. The molecule has 1 rings (SSSR count). The molecule has 84 valence electrons. The summed E-state index contributed by atoms with van der Waals surface area (Å²) in [5.41, 5.74) is 8.86. The minimum Gasteiger partial charge on any atom is -0.0937 e. The van der Waals surface area contributed by atoms with Crippen LogP contribution in [0.2, 0.25) is 15.1 Å². The highest BCUT2D eigenvalue weighted by atomic mass is 35.5. The zero-order valence-electron chi connectivity index (χ0n) is 8.20. The van der Waals surface area contributed by atoms with E-state index in [1.54, 1.807) is 12.1 Å². The minimum atomic E-state index is 0.423. The fraction of sp³-hybridized carbons (Fsp3) is 0.200. The largest absolute Gasteiger partial charge is 0.0937 e. The van der Waals surface area contributed by atoms with Crippen LogP contribution in [0.1, 0.15) is 12.0 Å². The Labute approximate surface area is 108 Å². The summed E-state index contributed by atoms with van der Waals surface area (Å²) in [4.78, 5) is 2.65. The van der Waals surface area contributed by atoms with Gasteiger partial charge in [0.05, 0.1) is 10.0 Å². The second-order valence-corrected chi connectivity index (χ2v) is 4.15. The molecule has 0 aromatic heterocycles. The van der Waals surface area contributed by atoms with Gasteiger partial charge in [-0.25, -0.2) is 0 Å². The van der Waals surface area contributed by atoms with Crippen molar-refractivity contribution in [3.05, 3.63) is 49.3 Å². The van der Waals surface area contributed by atoms with Crippen LogP contribution in [0.5, 0.6) is 0 Å². The van der Waals surface area contributed by atoms with E-state index in [2.05, 4.69) is 10.0 Å². The number of rotatable bonds is 4. The Bertz CT molecular complexity index is 451. The third-order valence-electron chi connectivity index (χ3n) is 1.80. The van der Waals surface area contributed by atoms with Crippen LogP contribution in [0.4, 0.5) is 0 Å². The fourth-order valence-corrected chi connectivity index (χ4v) is 1.67. The summed E-state index contributed by atoms with van der Waals surface area (Å²) < 4.78 is 0. The molecule has 0 bridgehead atoms. The third kappa shape index (κ3) is 3.95. The summed E-state index contributed by atoms with van der Waals surface area (Å²) in [7, 11) is 0. The number of benzene rings is 1. The van der Waals surface area contributed by atoms with Gasteiger partial charge in [0.1, 0.15) is 0 Å². The molecule has 16 heavy (non-hydrogen) atoms. The zero-order valence-corrected chi connectivity index (χ0v) is 10.5. The summed E-state index contributed by atoms with van der Waals surface area (Å²) in [6.07, 6.45) is 4.33. The number of hydrogen-bond donors (Lipinski definition) is 0. The lowest BCUT2D eigenvalue weighted by atomic mass is 10.2. The first kappa shape index (κ1) is 13.2. The lowest BCUT2D eigenvalue weighted by Crippen LogP contribution is -1.78. The van der Waals surface area contributed by atoms with Gasteiger partial charge < -0.3 is 0 Å². The van der Waals surface area contributed by atoms with Crippen LogP contribution in [-0.2, 0) is 0 Å². The first-order valence-corrected chi connectivity index (χ1v) is 5.60. The number of halogens is 3. The van der Waals surface area contributed by atoms with Crippen LogP contribution in [-0.4, -0.2) is 6.54 Å². The molecule has 0 spiro atoms. The van der Waals surface area contributed by atoms with Crippen molar-refractivity contribution in [3.8, 4) is 0 Å². The molecule has 0 aliphatic carbocycles. The molecule has 0 atom stereocenters.